The van der Waals surface area contributed by atoms with Gasteiger partial charge in [0.1, 0.15) is 0 Å². The van der Waals surface area contributed by atoms with E-state index in [9.17, 15) is 4.79 Å². The van der Waals surface area contributed by atoms with E-state index in [-0.39, 0.29) is 14.6 Å². The number of hydrogen-bond donors (Lipinski definition) is 1. The largest absolute Gasteiger partial charge is 0.272 e. The topological polar surface area (TPSA) is 41.5 Å². The zero-order valence-corrected chi connectivity index (χ0v) is 14.8. The van der Waals surface area contributed by atoms with Gasteiger partial charge in [-0.25, -0.2) is 5.43 Å². The molecule has 20 heavy (non-hydrogen) atoms. The zero-order valence-electron chi connectivity index (χ0n) is 11.7. The van der Waals surface area contributed by atoms with E-state index in [2.05, 4.69) is 42.4 Å². The number of nitrogens with zero attached hydrogens (tertiary/aromatic N) is 1. The van der Waals surface area contributed by atoms with Gasteiger partial charge in [0, 0.05) is 5.71 Å². The summed E-state index contributed by atoms with van der Waals surface area (Å²) in [6, 6.07) is 0. The van der Waals surface area contributed by atoms with Gasteiger partial charge in [-0.15, -0.1) is 0 Å². The molecule has 5 fully saturated rings. The van der Waals surface area contributed by atoms with Crippen molar-refractivity contribution in [2.45, 2.75) is 48.7 Å². The summed E-state index contributed by atoms with van der Waals surface area (Å²) in [7, 11) is 0. The van der Waals surface area contributed by atoms with E-state index < -0.39 is 0 Å². The van der Waals surface area contributed by atoms with E-state index in [0.717, 1.165) is 18.3 Å². The van der Waals surface area contributed by atoms with Crippen molar-refractivity contribution in [2.24, 2.45) is 34.2 Å². The normalized spacial score (nSPS) is 47.2. The second kappa shape index (κ2) is 4.31. The molecule has 0 unspecified atom stereocenters. The molecule has 0 saturated heterocycles. The SMILES string of the molecule is C[C@@]1(C(=O)NN=C2C3CC4CC(C3)CC2C4)CC1(Br)Br. The van der Waals surface area contributed by atoms with Crippen LogP contribution >= 0.6 is 31.9 Å². The molecule has 4 bridgehead atoms. The van der Waals surface area contributed by atoms with Crippen LogP contribution in [0.25, 0.3) is 0 Å². The highest BCUT2D eigenvalue weighted by molar-refractivity contribution is 9.25. The molecule has 0 aromatic rings. The molecule has 5 saturated carbocycles. The summed E-state index contributed by atoms with van der Waals surface area (Å²) >= 11 is 7.09. The molecule has 5 aliphatic rings. The van der Waals surface area contributed by atoms with Crippen molar-refractivity contribution in [3.05, 3.63) is 0 Å². The van der Waals surface area contributed by atoms with E-state index in [1.807, 2.05) is 6.92 Å². The van der Waals surface area contributed by atoms with Crippen LogP contribution in [0.3, 0.4) is 0 Å². The molecule has 0 aromatic heterocycles. The molecule has 5 rings (SSSR count). The first-order valence-corrected chi connectivity index (χ1v) is 9.23. The Bertz CT molecular complexity index is 472. The van der Waals surface area contributed by atoms with Crippen molar-refractivity contribution >= 4 is 43.5 Å². The molecule has 0 aliphatic heterocycles. The van der Waals surface area contributed by atoms with Gasteiger partial charge in [0.15, 0.2) is 0 Å². The van der Waals surface area contributed by atoms with E-state index in [0.29, 0.717) is 11.8 Å². The van der Waals surface area contributed by atoms with Crippen molar-refractivity contribution in [1.82, 2.24) is 5.43 Å². The number of hydrogen-bond acceptors (Lipinski definition) is 2. The standard InChI is InChI=1S/C15H20Br2N2O/c1-14(7-15(14,16)17)13(20)19-18-12-10-3-8-2-9(5-10)6-11(12)4-8/h8-11H,2-7H2,1H3,(H,19,20)/t8?,9?,10?,11?,14-/m0/s1. The Morgan fingerprint density at radius 3 is 2.10 bits per heavy atom. The van der Waals surface area contributed by atoms with Crippen molar-refractivity contribution < 1.29 is 4.79 Å². The Morgan fingerprint density at radius 1 is 1.15 bits per heavy atom. The number of hydrazone groups is 1. The molecule has 5 heteroatoms. The molecule has 1 N–H and O–H groups in total. The minimum Gasteiger partial charge on any atom is -0.272 e. The number of halogens is 2. The first-order chi connectivity index (χ1) is 9.39. The van der Waals surface area contributed by atoms with Crippen molar-refractivity contribution in [2.75, 3.05) is 0 Å². The van der Waals surface area contributed by atoms with E-state index >= 15 is 0 Å². The second-order valence-corrected chi connectivity index (χ2v) is 11.3. The van der Waals surface area contributed by atoms with Crippen LogP contribution in [0, 0.1) is 29.1 Å². The minimum absolute atomic E-state index is 0.0348. The van der Waals surface area contributed by atoms with Crippen LogP contribution < -0.4 is 5.43 Å². The predicted molar refractivity (Wildman–Crippen MR) is 85.9 cm³/mol. The summed E-state index contributed by atoms with van der Waals surface area (Å²) in [5, 5.41) is 4.57. The van der Waals surface area contributed by atoms with Gasteiger partial charge in [-0.05, 0) is 69.1 Å². The van der Waals surface area contributed by atoms with Gasteiger partial charge in [0.25, 0.3) is 0 Å². The van der Waals surface area contributed by atoms with Crippen LogP contribution in [0.4, 0.5) is 0 Å². The van der Waals surface area contributed by atoms with Gasteiger partial charge in [0.05, 0.1) is 8.65 Å². The Balaban J connectivity index is 1.47. The fourth-order valence-corrected chi connectivity index (χ4v) is 6.22. The maximum Gasteiger partial charge on any atom is 0.248 e. The summed E-state index contributed by atoms with van der Waals surface area (Å²) in [6.07, 6.45) is 7.48. The molecule has 0 radical (unpaired) electrons. The third-order valence-corrected chi connectivity index (χ3v) is 8.33. The van der Waals surface area contributed by atoms with Crippen LogP contribution in [0.15, 0.2) is 5.10 Å². The Hall–Kier alpha value is 0.100. The maximum absolute atomic E-state index is 12.3. The fraction of sp³-hybridized carbons (Fsp3) is 0.867. The summed E-state index contributed by atoms with van der Waals surface area (Å²) in [5.74, 6) is 3.21. The first kappa shape index (κ1) is 13.7. The summed E-state index contributed by atoms with van der Waals surface area (Å²) in [6.45, 7) is 1.98. The maximum atomic E-state index is 12.3. The van der Waals surface area contributed by atoms with Crippen LogP contribution in [0.2, 0.25) is 0 Å². The lowest BCUT2D eigenvalue weighted by Gasteiger charge is -2.50. The zero-order chi connectivity index (χ0) is 14.1. The average Bonchev–Trinajstić information content (AvgIpc) is 2.88. The molecular formula is C15H20Br2N2O. The monoisotopic (exact) mass is 402 g/mol. The summed E-state index contributed by atoms with van der Waals surface area (Å²) in [5.41, 5.74) is 3.78. The van der Waals surface area contributed by atoms with E-state index in [4.69, 9.17) is 0 Å². The molecule has 5 aliphatic carbocycles. The number of alkyl halides is 2. The van der Waals surface area contributed by atoms with Gasteiger partial charge >= 0.3 is 0 Å². The first-order valence-electron chi connectivity index (χ1n) is 7.65. The highest BCUT2D eigenvalue weighted by Crippen LogP contribution is 2.66. The fourth-order valence-electron chi connectivity index (χ4n) is 4.73. The molecule has 0 spiro atoms. The molecule has 1 atom stereocenters. The lowest BCUT2D eigenvalue weighted by molar-refractivity contribution is -0.125. The Labute approximate surface area is 136 Å². The van der Waals surface area contributed by atoms with Crippen molar-refractivity contribution in [3.8, 4) is 0 Å². The molecule has 0 heterocycles. The lowest BCUT2D eigenvalue weighted by atomic mass is 9.55. The van der Waals surface area contributed by atoms with Gasteiger partial charge in [-0.2, -0.15) is 5.10 Å². The minimum atomic E-state index is -0.372. The summed E-state index contributed by atoms with van der Waals surface area (Å²) < 4.78 is -0.235. The highest BCUT2D eigenvalue weighted by atomic mass is 79.9. The number of nitrogens with one attached hydrogen (secondary N) is 1. The third-order valence-electron chi connectivity index (χ3n) is 6.02. The molecule has 0 aromatic carbocycles. The van der Waals surface area contributed by atoms with Gasteiger partial charge in [-0.3, -0.25) is 4.79 Å². The molecule has 110 valence electrons. The second-order valence-electron chi connectivity index (χ2n) is 7.50. The molecule has 1 amide bonds. The predicted octanol–water partition coefficient (Wildman–Crippen LogP) is 3.81. The number of amides is 1. The Morgan fingerprint density at radius 2 is 1.65 bits per heavy atom. The van der Waals surface area contributed by atoms with E-state index in [1.54, 1.807) is 0 Å². The number of rotatable bonds is 2. The highest BCUT2D eigenvalue weighted by Gasteiger charge is 2.66. The number of carbonyl (C=O) groups excluding carboxylic acids is 1. The van der Waals surface area contributed by atoms with Crippen molar-refractivity contribution in [1.29, 1.82) is 0 Å². The van der Waals surface area contributed by atoms with Crippen LogP contribution in [0.5, 0.6) is 0 Å². The van der Waals surface area contributed by atoms with Gasteiger partial charge < -0.3 is 0 Å². The average molecular weight is 404 g/mol. The lowest BCUT2D eigenvalue weighted by Crippen LogP contribution is -2.46. The summed E-state index contributed by atoms with van der Waals surface area (Å²) in [4.78, 5) is 12.3. The van der Waals surface area contributed by atoms with Crippen LogP contribution in [-0.4, -0.2) is 14.9 Å². The Kier molecular flexibility index (Phi) is 2.96. The third kappa shape index (κ3) is 1.95. The van der Waals surface area contributed by atoms with Crippen LogP contribution in [0.1, 0.15) is 45.4 Å². The van der Waals surface area contributed by atoms with Crippen LogP contribution in [-0.2, 0) is 4.79 Å². The smallest absolute Gasteiger partial charge is 0.248 e. The molecular weight excluding hydrogens is 384 g/mol. The van der Waals surface area contributed by atoms with Crippen molar-refractivity contribution in [3.63, 3.8) is 0 Å². The molecule has 3 nitrogen and oxygen atoms in total. The number of carbonyl (C=O) groups is 1. The quantitative estimate of drug-likeness (QED) is 0.552. The van der Waals surface area contributed by atoms with E-state index in [1.165, 1.54) is 37.8 Å². The van der Waals surface area contributed by atoms with Gasteiger partial charge in [-0.1, -0.05) is 31.9 Å². The van der Waals surface area contributed by atoms with Gasteiger partial charge in [0.2, 0.25) is 5.91 Å².